The van der Waals surface area contributed by atoms with Crippen LogP contribution in [0.2, 0.25) is 5.02 Å². The van der Waals surface area contributed by atoms with E-state index in [1.165, 1.54) is 17.8 Å². The molecule has 2 rings (SSSR count). The van der Waals surface area contributed by atoms with E-state index in [1.807, 2.05) is 52.0 Å². The highest BCUT2D eigenvalue weighted by molar-refractivity contribution is 7.99. The van der Waals surface area contributed by atoms with Crippen LogP contribution >= 0.6 is 23.4 Å². The van der Waals surface area contributed by atoms with Crippen LogP contribution in [-0.4, -0.2) is 35.1 Å². The number of carbonyl (C=O) groups is 2. The molecule has 0 aliphatic rings. The highest BCUT2D eigenvalue weighted by Gasteiger charge is 2.28. The van der Waals surface area contributed by atoms with Crippen LogP contribution in [0.15, 0.2) is 42.5 Å². The number of nitrogens with one attached hydrogen (secondary N) is 1. The Kier molecular flexibility index (Phi) is 10.5. The standard InChI is InChI=1S/C25H32ClFN2O2S/c1-5-23(25(31)28-13-17(2)3)29(14-19-9-6-8-18(4)12-19)24(30)16-32-15-20-21(26)10-7-11-22(20)27/h6-12,17,23H,5,13-16H2,1-4H3,(H,28,31)/t23-/m0/s1. The van der Waals surface area contributed by atoms with Crippen LogP contribution in [0.5, 0.6) is 0 Å². The quantitative estimate of drug-likeness (QED) is 0.457. The monoisotopic (exact) mass is 478 g/mol. The van der Waals surface area contributed by atoms with Crippen LogP contribution in [0.1, 0.15) is 43.9 Å². The van der Waals surface area contributed by atoms with Crippen LogP contribution in [0.4, 0.5) is 4.39 Å². The molecular formula is C25H32ClFN2O2S. The van der Waals surface area contributed by atoms with Gasteiger partial charge in [0, 0.05) is 29.4 Å². The van der Waals surface area contributed by atoms with Crippen LogP contribution in [0.25, 0.3) is 0 Å². The van der Waals surface area contributed by atoms with Gasteiger partial charge in [-0.2, -0.15) is 0 Å². The number of hydrogen-bond acceptors (Lipinski definition) is 3. The van der Waals surface area contributed by atoms with Crippen LogP contribution in [0, 0.1) is 18.7 Å². The zero-order chi connectivity index (χ0) is 23.7. The van der Waals surface area contributed by atoms with E-state index < -0.39 is 6.04 Å². The second-order valence-electron chi connectivity index (χ2n) is 8.27. The first-order valence-electron chi connectivity index (χ1n) is 10.9. The van der Waals surface area contributed by atoms with E-state index in [2.05, 4.69) is 5.32 Å². The predicted molar refractivity (Wildman–Crippen MR) is 131 cm³/mol. The molecular weight excluding hydrogens is 447 g/mol. The summed E-state index contributed by atoms with van der Waals surface area (Å²) in [7, 11) is 0. The van der Waals surface area contributed by atoms with E-state index in [1.54, 1.807) is 17.0 Å². The van der Waals surface area contributed by atoms with Crippen molar-refractivity contribution in [3.8, 4) is 0 Å². The molecule has 0 aliphatic carbocycles. The average Bonchev–Trinajstić information content (AvgIpc) is 2.74. The Balaban J connectivity index is 2.16. The molecule has 0 fully saturated rings. The molecule has 1 N–H and O–H groups in total. The van der Waals surface area contributed by atoms with E-state index in [-0.39, 0.29) is 29.1 Å². The van der Waals surface area contributed by atoms with E-state index in [4.69, 9.17) is 11.6 Å². The minimum absolute atomic E-state index is 0.129. The molecule has 4 nitrogen and oxygen atoms in total. The molecule has 1 atom stereocenters. The maximum Gasteiger partial charge on any atom is 0.242 e. The minimum atomic E-state index is -0.570. The topological polar surface area (TPSA) is 49.4 Å². The summed E-state index contributed by atoms with van der Waals surface area (Å²) in [5.74, 6) is 0.0444. The largest absolute Gasteiger partial charge is 0.354 e. The number of thioether (sulfide) groups is 1. The SMILES string of the molecule is CC[C@@H](C(=O)NCC(C)C)N(Cc1cccc(C)c1)C(=O)CSCc1c(F)cccc1Cl. The Morgan fingerprint density at radius 3 is 2.53 bits per heavy atom. The van der Waals surface area contributed by atoms with Gasteiger partial charge >= 0.3 is 0 Å². The number of amides is 2. The lowest BCUT2D eigenvalue weighted by Gasteiger charge is -2.31. The lowest BCUT2D eigenvalue weighted by atomic mass is 10.1. The summed E-state index contributed by atoms with van der Waals surface area (Å²) >= 11 is 7.40. The van der Waals surface area contributed by atoms with Crippen molar-refractivity contribution in [3.05, 3.63) is 70.0 Å². The number of hydrogen-bond donors (Lipinski definition) is 1. The van der Waals surface area contributed by atoms with Crippen molar-refractivity contribution in [1.82, 2.24) is 10.2 Å². The normalized spacial score (nSPS) is 12.0. The summed E-state index contributed by atoms with van der Waals surface area (Å²) in [6.45, 7) is 8.86. The van der Waals surface area contributed by atoms with Crippen molar-refractivity contribution >= 4 is 35.2 Å². The van der Waals surface area contributed by atoms with E-state index in [9.17, 15) is 14.0 Å². The van der Waals surface area contributed by atoms with Crippen molar-refractivity contribution < 1.29 is 14.0 Å². The van der Waals surface area contributed by atoms with Gasteiger partial charge in [-0.15, -0.1) is 11.8 Å². The molecule has 0 heterocycles. The number of rotatable bonds is 11. The number of aryl methyl sites for hydroxylation is 1. The van der Waals surface area contributed by atoms with Gasteiger partial charge in [-0.05, 0) is 37.0 Å². The number of benzene rings is 2. The molecule has 0 saturated carbocycles. The Bertz CT molecular complexity index is 902. The smallest absolute Gasteiger partial charge is 0.242 e. The molecule has 0 saturated heterocycles. The van der Waals surface area contributed by atoms with Crippen molar-refractivity contribution in [2.24, 2.45) is 5.92 Å². The summed E-state index contributed by atoms with van der Waals surface area (Å²) in [6, 6.07) is 11.9. The second-order valence-corrected chi connectivity index (χ2v) is 9.66. The Morgan fingerprint density at radius 2 is 1.91 bits per heavy atom. The Labute approximate surface area is 199 Å². The molecule has 32 heavy (non-hydrogen) atoms. The van der Waals surface area contributed by atoms with Crippen molar-refractivity contribution in [2.75, 3.05) is 12.3 Å². The molecule has 2 amide bonds. The van der Waals surface area contributed by atoms with E-state index >= 15 is 0 Å². The van der Waals surface area contributed by atoms with Crippen LogP contribution < -0.4 is 5.32 Å². The fourth-order valence-electron chi connectivity index (χ4n) is 3.34. The van der Waals surface area contributed by atoms with Gasteiger partial charge in [-0.1, -0.05) is 68.3 Å². The lowest BCUT2D eigenvalue weighted by Crippen LogP contribution is -2.50. The molecule has 2 aromatic rings. The zero-order valence-corrected chi connectivity index (χ0v) is 20.7. The fraction of sp³-hybridized carbons (Fsp3) is 0.440. The van der Waals surface area contributed by atoms with Gasteiger partial charge in [0.2, 0.25) is 11.8 Å². The Hall–Kier alpha value is -2.05. The molecule has 0 spiro atoms. The number of carbonyl (C=O) groups excluding carboxylic acids is 2. The molecule has 0 bridgehead atoms. The highest BCUT2D eigenvalue weighted by Crippen LogP contribution is 2.24. The number of nitrogens with zero attached hydrogens (tertiary/aromatic N) is 1. The summed E-state index contributed by atoms with van der Waals surface area (Å²) in [4.78, 5) is 27.8. The van der Waals surface area contributed by atoms with Gasteiger partial charge in [0.05, 0.1) is 5.75 Å². The fourth-order valence-corrected chi connectivity index (χ4v) is 4.59. The third kappa shape index (κ3) is 7.82. The lowest BCUT2D eigenvalue weighted by molar-refractivity contribution is -0.139. The molecule has 2 aromatic carbocycles. The summed E-state index contributed by atoms with van der Waals surface area (Å²) in [5.41, 5.74) is 2.45. The molecule has 0 aliphatic heterocycles. The zero-order valence-electron chi connectivity index (χ0n) is 19.2. The van der Waals surface area contributed by atoms with Crippen LogP contribution in [-0.2, 0) is 21.9 Å². The maximum absolute atomic E-state index is 14.1. The van der Waals surface area contributed by atoms with Gasteiger partial charge in [0.1, 0.15) is 11.9 Å². The first-order chi connectivity index (χ1) is 15.2. The first-order valence-corrected chi connectivity index (χ1v) is 12.4. The maximum atomic E-state index is 14.1. The molecule has 7 heteroatoms. The summed E-state index contributed by atoms with van der Waals surface area (Å²) < 4.78 is 14.1. The van der Waals surface area contributed by atoms with Crippen molar-refractivity contribution in [1.29, 1.82) is 0 Å². The molecule has 174 valence electrons. The Morgan fingerprint density at radius 1 is 1.19 bits per heavy atom. The van der Waals surface area contributed by atoms with Gasteiger partial charge < -0.3 is 10.2 Å². The van der Waals surface area contributed by atoms with Gasteiger partial charge in [-0.25, -0.2) is 4.39 Å². The van der Waals surface area contributed by atoms with E-state index in [0.717, 1.165) is 11.1 Å². The first kappa shape index (κ1) is 26.2. The van der Waals surface area contributed by atoms with Gasteiger partial charge in [0.25, 0.3) is 0 Å². The molecule has 0 radical (unpaired) electrons. The second kappa shape index (κ2) is 12.9. The van der Waals surface area contributed by atoms with Gasteiger partial charge in [-0.3, -0.25) is 9.59 Å². The third-order valence-corrected chi connectivity index (χ3v) is 6.34. The number of halogens is 2. The minimum Gasteiger partial charge on any atom is -0.354 e. The summed E-state index contributed by atoms with van der Waals surface area (Å²) in [6.07, 6.45) is 0.505. The average molecular weight is 479 g/mol. The van der Waals surface area contributed by atoms with Crippen molar-refractivity contribution in [3.63, 3.8) is 0 Å². The predicted octanol–water partition coefficient (Wildman–Crippen LogP) is 5.60. The highest BCUT2D eigenvalue weighted by atomic mass is 35.5. The van der Waals surface area contributed by atoms with Crippen LogP contribution in [0.3, 0.4) is 0 Å². The summed E-state index contributed by atoms with van der Waals surface area (Å²) in [5, 5.41) is 3.30. The molecule has 0 unspecified atom stereocenters. The molecule has 0 aromatic heterocycles. The van der Waals surface area contributed by atoms with Gasteiger partial charge in [0.15, 0.2) is 0 Å². The third-order valence-electron chi connectivity index (χ3n) is 5.04. The van der Waals surface area contributed by atoms with E-state index in [0.29, 0.717) is 36.0 Å². The van der Waals surface area contributed by atoms with Crippen molar-refractivity contribution in [2.45, 2.75) is 52.5 Å².